The second-order valence-electron chi connectivity index (χ2n) is 6.27. The summed E-state index contributed by atoms with van der Waals surface area (Å²) in [5.41, 5.74) is 3.56. The Kier molecular flexibility index (Phi) is 6.25. The van der Waals surface area contributed by atoms with Crippen LogP contribution in [0.5, 0.6) is 0 Å². The normalized spacial score (nSPS) is 13.9. The molecular weight excluding hydrogens is 327 g/mol. The molecule has 0 atom stereocenters. The van der Waals surface area contributed by atoms with Crippen LogP contribution in [0.4, 0.5) is 10.1 Å². The molecule has 1 heterocycles. The van der Waals surface area contributed by atoms with Crippen LogP contribution in [0.3, 0.4) is 0 Å². The molecule has 0 amide bonds. The van der Waals surface area contributed by atoms with E-state index in [-0.39, 0.29) is 5.82 Å². The van der Waals surface area contributed by atoms with E-state index < -0.39 is 0 Å². The van der Waals surface area contributed by atoms with E-state index in [9.17, 15) is 4.39 Å². The van der Waals surface area contributed by atoms with Gasteiger partial charge < -0.3 is 15.5 Å². The molecule has 0 radical (unpaired) electrons. The van der Waals surface area contributed by atoms with Gasteiger partial charge in [-0.2, -0.15) is 0 Å². The van der Waals surface area contributed by atoms with Crippen molar-refractivity contribution in [1.82, 2.24) is 10.6 Å². The van der Waals surface area contributed by atoms with Crippen molar-refractivity contribution >= 4 is 11.6 Å². The summed E-state index contributed by atoms with van der Waals surface area (Å²) in [4.78, 5) is 6.57. The van der Waals surface area contributed by atoms with Crippen LogP contribution < -0.4 is 15.5 Å². The lowest BCUT2D eigenvalue weighted by molar-refractivity contribution is 0.626. The van der Waals surface area contributed by atoms with Crippen molar-refractivity contribution in [2.24, 2.45) is 4.99 Å². The first-order valence-electron chi connectivity index (χ1n) is 8.92. The molecule has 2 N–H and O–H groups in total. The summed E-state index contributed by atoms with van der Waals surface area (Å²) in [6.07, 6.45) is 5.20. The van der Waals surface area contributed by atoms with Gasteiger partial charge in [-0.25, -0.2) is 4.39 Å². The lowest BCUT2D eigenvalue weighted by atomic mass is 10.1. The summed E-state index contributed by atoms with van der Waals surface area (Å²) >= 11 is 0. The van der Waals surface area contributed by atoms with Crippen LogP contribution in [0.15, 0.2) is 65.7 Å². The van der Waals surface area contributed by atoms with E-state index in [0.717, 1.165) is 44.1 Å². The highest BCUT2D eigenvalue weighted by molar-refractivity contribution is 5.79. The fraction of sp³-hybridized carbons (Fsp3) is 0.286. The molecule has 0 fully saturated rings. The van der Waals surface area contributed by atoms with Crippen molar-refractivity contribution in [2.75, 3.05) is 31.6 Å². The molecule has 3 rings (SSSR count). The van der Waals surface area contributed by atoms with E-state index >= 15 is 0 Å². The minimum Gasteiger partial charge on any atom is -0.364 e. The molecule has 0 unspecified atom stereocenters. The van der Waals surface area contributed by atoms with Crippen LogP contribution in [0, 0.1) is 5.82 Å². The number of hydrogen-bond acceptors (Lipinski definition) is 2. The van der Waals surface area contributed by atoms with Crippen molar-refractivity contribution in [3.8, 4) is 0 Å². The molecular formula is C21H25FN4. The first-order chi connectivity index (χ1) is 12.7. The van der Waals surface area contributed by atoms with Gasteiger partial charge >= 0.3 is 0 Å². The van der Waals surface area contributed by atoms with Gasteiger partial charge in [-0.15, -0.1) is 0 Å². The average Bonchev–Trinajstić information content (AvgIpc) is 3.21. The summed E-state index contributed by atoms with van der Waals surface area (Å²) in [6, 6.07) is 15.2. The molecule has 0 aromatic heterocycles. The molecule has 5 heteroatoms. The molecule has 2 aromatic carbocycles. The Balaban J connectivity index is 1.42. The summed E-state index contributed by atoms with van der Waals surface area (Å²) in [5, 5.41) is 6.61. The zero-order valence-electron chi connectivity index (χ0n) is 15.1. The van der Waals surface area contributed by atoms with Crippen LogP contribution in [0.1, 0.15) is 11.1 Å². The molecule has 26 heavy (non-hydrogen) atoms. The first-order valence-corrected chi connectivity index (χ1v) is 8.92. The Labute approximate surface area is 154 Å². The third-order valence-electron chi connectivity index (χ3n) is 4.42. The zero-order chi connectivity index (χ0) is 18.2. The lowest BCUT2D eigenvalue weighted by Crippen LogP contribution is -2.37. The minimum atomic E-state index is -0.203. The minimum absolute atomic E-state index is 0.203. The van der Waals surface area contributed by atoms with E-state index in [2.05, 4.69) is 56.9 Å². The van der Waals surface area contributed by atoms with Crippen LogP contribution >= 0.6 is 0 Å². The van der Waals surface area contributed by atoms with E-state index in [1.165, 1.54) is 23.4 Å². The monoisotopic (exact) mass is 352 g/mol. The van der Waals surface area contributed by atoms with Crippen molar-refractivity contribution in [2.45, 2.75) is 13.0 Å². The largest absolute Gasteiger partial charge is 0.364 e. The molecule has 0 aliphatic carbocycles. The Morgan fingerprint density at radius 1 is 0.962 bits per heavy atom. The molecule has 136 valence electrons. The lowest BCUT2D eigenvalue weighted by Gasteiger charge is -2.18. The molecule has 0 bridgehead atoms. The molecule has 1 aliphatic rings. The number of rotatable bonds is 6. The Morgan fingerprint density at radius 3 is 2.27 bits per heavy atom. The number of nitrogens with one attached hydrogen (secondary N) is 2. The number of guanidine groups is 1. The predicted octanol–water partition coefficient (Wildman–Crippen LogP) is 3.11. The number of benzene rings is 2. The maximum Gasteiger partial charge on any atom is 0.191 e. The van der Waals surface area contributed by atoms with E-state index in [4.69, 9.17) is 0 Å². The zero-order valence-corrected chi connectivity index (χ0v) is 15.1. The van der Waals surface area contributed by atoms with Crippen LogP contribution in [0.25, 0.3) is 0 Å². The smallest absolute Gasteiger partial charge is 0.191 e. The summed E-state index contributed by atoms with van der Waals surface area (Å²) < 4.78 is 12.9. The number of aliphatic imine (C=N–C) groups is 1. The average molecular weight is 352 g/mol. The SMILES string of the molecule is CN=C(NCCc1ccc(F)cc1)NCc1ccc(N2CC=CC2)cc1. The Hall–Kier alpha value is -2.82. The molecule has 0 saturated carbocycles. The van der Waals surface area contributed by atoms with Gasteiger partial charge in [0.15, 0.2) is 5.96 Å². The third-order valence-corrected chi connectivity index (χ3v) is 4.42. The second-order valence-corrected chi connectivity index (χ2v) is 6.27. The van der Waals surface area contributed by atoms with E-state index in [1.54, 1.807) is 7.05 Å². The maximum atomic E-state index is 12.9. The van der Waals surface area contributed by atoms with E-state index in [0.29, 0.717) is 0 Å². The summed E-state index contributed by atoms with van der Waals surface area (Å²) in [5.74, 6) is 0.561. The number of hydrogen-bond donors (Lipinski definition) is 2. The highest BCUT2D eigenvalue weighted by Crippen LogP contribution is 2.17. The highest BCUT2D eigenvalue weighted by Gasteiger charge is 2.07. The molecule has 1 aliphatic heterocycles. The Bertz CT molecular complexity index is 743. The van der Waals surface area contributed by atoms with Crippen molar-refractivity contribution < 1.29 is 4.39 Å². The van der Waals surface area contributed by atoms with Gasteiger partial charge in [0.05, 0.1) is 0 Å². The van der Waals surface area contributed by atoms with Gasteiger partial charge in [0, 0.05) is 38.9 Å². The van der Waals surface area contributed by atoms with Gasteiger partial charge in [-0.3, -0.25) is 4.99 Å². The summed E-state index contributed by atoms with van der Waals surface area (Å²) in [7, 11) is 1.76. The van der Waals surface area contributed by atoms with Crippen LogP contribution in [0.2, 0.25) is 0 Å². The topological polar surface area (TPSA) is 39.7 Å². The standard InChI is InChI=1S/C21H25FN4/c1-23-21(24-13-12-17-4-8-19(22)9-5-17)25-16-18-6-10-20(11-7-18)26-14-2-3-15-26/h2-11H,12-16H2,1H3,(H2,23,24,25). The van der Waals surface area contributed by atoms with Gasteiger partial charge in [0.25, 0.3) is 0 Å². The van der Waals surface area contributed by atoms with Crippen molar-refractivity contribution in [1.29, 1.82) is 0 Å². The van der Waals surface area contributed by atoms with Crippen molar-refractivity contribution in [3.05, 3.63) is 77.6 Å². The highest BCUT2D eigenvalue weighted by atomic mass is 19.1. The number of anilines is 1. The van der Waals surface area contributed by atoms with Gasteiger partial charge in [-0.1, -0.05) is 36.4 Å². The second kappa shape index (κ2) is 9.04. The number of halogens is 1. The van der Waals surface area contributed by atoms with Crippen LogP contribution in [-0.4, -0.2) is 32.6 Å². The third kappa shape index (κ3) is 5.09. The van der Waals surface area contributed by atoms with Crippen molar-refractivity contribution in [3.63, 3.8) is 0 Å². The summed E-state index contributed by atoms with van der Waals surface area (Å²) in [6.45, 7) is 3.44. The Morgan fingerprint density at radius 2 is 1.62 bits per heavy atom. The maximum absolute atomic E-state index is 12.9. The molecule has 0 spiro atoms. The molecule has 4 nitrogen and oxygen atoms in total. The fourth-order valence-electron chi connectivity index (χ4n) is 2.90. The van der Waals surface area contributed by atoms with E-state index in [1.807, 2.05) is 12.1 Å². The van der Waals surface area contributed by atoms with Crippen LogP contribution in [-0.2, 0) is 13.0 Å². The van der Waals surface area contributed by atoms with Gasteiger partial charge in [0.2, 0.25) is 0 Å². The first kappa shape index (κ1) is 18.0. The molecule has 2 aromatic rings. The number of nitrogens with zero attached hydrogens (tertiary/aromatic N) is 2. The van der Waals surface area contributed by atoms with Gasteiger partial charge in [0.1, 0.15) is 5.82 Å². The fourth-order valence-corrected chi connectivity index (χ4v) is 2.90. The molecule has 0 saturated heterocycles. The van der Waals surface area contributed by atoms with Gasteiger partial charge in [-0.05, 0) is 41.8 Å². The predicted molar refractivity (Wildman–Crippen MR) is 106 cm³/mol. The quantitative estimate of drug-likeness (QED) is 0.477.